The van der Waals surface area contributed by atoms with Gasteiger partial charge in [0.05, 0.1) is 6.10 Å². The lowest BCUT2D eigenvalue weighted by atomic mass is 10.1. The maximum atomic E-state index is 13.0. The molecule has 2 aliphatic rings. The number of ether oxygens (including phenoxy) is 1. The van der Waals surface area contributed by atoms with Crippen molar-refractivity contribution >= 4 is 5.91 Å². The number of hydrogen-bond acceptors (Lipinski definition) is 2. The first kappa shape index (κ1) is 15.5. The van der Waals surface area contributed by atoms with Crippen LogP contribution in [0.4, 0.5) is 0 Å². The van der Waals surface area contributed by atoms with Crippen LogP contribution in [0.25, 0.3) is 0 Å². The van der Waals surface area contributed by atoms with E-state index in [9.17, 15) is 4.79 Å². The van der Waals surface area contributed by atoms with Gasteiger partial charge in [0.15, 0.2) is 6.10 Å². The second-order valence-electron chi connectivity index (χ2n) is 6.65. The third-order valence-electron chi connectivity index (χ3n) is 4.83. The molecule has 0 aromatic heterocycles. The maximum Gasteiger partial charge on any atom is 0.256 e. The number of likely N-dealkylation sites (N-methyl/N-ethyl adjacent to an activating group) is 1. The van der Waals surface area contributed by atoms with Crippen molar-refractivity contribution < 1.29 is 9.53 Å². The minimum Gasteiger partial charge on any atom is -0.360 e. The van der Waals surface area contributed by atoms with Gasteiger partial charge in [0.1, 0.15) is 0 Å². The molecule has 1 aromatic carbocycles. The van der Waals surface area contributed by atoms with Crippen LogP contribution in [-0.4, -0.2) is 30.0 Å². The quantitative estimate of drug-likeness (QED) is 0.763. The fraction of sp³-hybridized carbons (Fsp3) is 0.632. The molecule has 2 saturated carbocycles. The number of nitrogens with zero attached hydrogens (tertiary/aromatic N) is 1. The van der Waals surface area contributed by atoms with E-state index in [4.69, 9.17) is 4.74 Å². The first-order valence-corrected chi connectivity index (χ1v) is 8.77. The summed E-state index contributed by atoms with van der Waals surface area (Å²) < 4.78 is 6.25. The number of amides is 1. The summed E-state index contributed by atoms with van der Waals surface area (Å²) in [7, 11) is 0. The highest BCUT2D eigenvalue weighted by atomic mass is 16.5. The van der Waals surface area contributed by atoms with Crippen molar-refractivity contribution in [3.63, 3.8) is 0 Å². The number of carbonyl (C=O) groups is 1. The van der Waals surface area contributed by atoms with Crippen LogP contribution in [0.2, 0.25) is 0 Å². The molecule has 0 aliphatic heterocycles. The monoisotopic (exact) mass is 301 g/mol. The van der Waals surface area contributed by atoms with Gasteiger partial charge in [0.25, 0.3) is 5.91 Å². The lowest BCUT2D eigenvalue weighted by molar-refractivity contribution is -0.148. The second-order valence-corrected chi connectivity index (χ2v) is 6.65. The first-order valence-electron chi connectivity index (χ1n) is 8.77. The molecule has 0 saturated heterocycles. The summed E-state index contributed by atoms with van der Waals surface area (Å²) in [5.74, 6) is 0.860. The Labute approximate surface area is 133 Å². The molecule has 3 nitrogen and oxygen atoms in total. The Morgan fingerprint density at radius 3 is 2.45 bits per heavy atom. The summed E-state index contributed by atoms with van der Waals surface area (Å²) in [5.41, 5.74) is 0.994. The van der Waals surface area contributed by atoms with E-state index in [1.165, 1.54) is 25.7 Å². The molecular weight excluding hydrogens is 274 g/mol. The lowest BCUT2D eigenvalue weighted by Crippen LogP contribution is -2.38. The first-order chi connectivity index (χ1) is 10.8. The van der Waals surface area contributed by atoms with Crippen LogP contribution in [0.3, 0.4) is 0 Å². The molecule has 0 N–H and O–H groups in total. The molecule has 3 rings (SSSR count). The van der Waals surface area contributed by atoms with Crippen LogP contribution in [-0.2, 0) is 9.53 Å². The van der Waals surface area contributed by atoms with E-state index in [1.54, 1.807) is 0 Å². The normalized spacial score (nSPS) is 20.0. The second kappa shape index (κ2) is 7.28. The van der Waals surface area contributed by atoms with Crippen molar-refractivity contribution in [3.05, 3.63) is 35.9 Å². The zero-order valence-corrected chi connectivity index (χ0v) is 13.5. The highest BCUT2D eigenvalue weighted by Crippen LogP contribution is 2.32. The van der Waals surface area contributed by atoms with E-state index < -0.39 is 6.10 Å². The van der Waals surface area contributed by atoms with Crippen molar-refractivity contribution in [1.82, 2.24) is 4.90 Å². The Morgan fingerprint density at radius 1 is 1.18 bits per heavy atom. The fourth-order valence-electron chi connectivity index (χ4n) is 3.28. The minimum absolute atomic E-state index is 0.146. The number of benzene rings is 1. The molecule has 0 bridgehead atoms. The predicted molar refractivity (Wildman–Crippen MR) is 87.5 cm³/mol. The van der Waals surface area contributed by atoms with E-state index in [0.717, 1.165) is 31.5 Å². The molecule has 0 heterocycles. The Bertz CT molecular complexity index is 477. The molecule has 22 heavy (non-hydrogen) atoms. The number of hydrogen-bond donors (Lipinski definition) is 0. The Morgan fingerprint density at radius 2 is 1.86 bits per heavy atom. The third kappa shape index (κ3) is 3.89. The molecule has 2 aliphatic carbocycles. The third-order valence-corrected chi connectivity index (χ3v) is 4.83. The SMILES string of the molecule is CCN(CC1CC1)C(=O)[C@@H](OC1CCCC1)c1ccccc1. The number of carbonyl (C=O) groups excluding carboxylic acids is 1. The largest absolute Gasteiger partial charge is 0.360 e. The molecule has 0 spiro atoms. The summed E-state index contributed by atoms with van der Waals surface area (Å²) in [6.07, 6.45) is 6.97. The van der Waals surface area contributed by atoms with Crippen LogP contribution in [0.5, 0.6) is 0 Å². The van der Waals surface area contributed by atoms with E-state index in [1.807, 2.05) is 35.2 Å². The van der Waals surface area contributed by atoms with Gasteiger partial charge < -0.3 is 9.64 Å². The smallest absolute Gasteiger partial charge is 0.256 e. The lowest BCUT2D eigenvalue weighted by Gasteiger charge is -2.28. The molecule has 120 valence electrons. The minimum atomic E-state index is -0.428. The molecule has 1 atom stereocenters. The fourth-order valence-corrected chi connectivity index (χ4v) is 3.28. The molecule has 1 amide bonds. The van der Waals surface area contributed by atoms with Crippen LogP contribution < -0.4 is 0 Å². The summed E-state index contributed by atoms with van der Waals surface area (Å²) in [5, 5.41) is 0. The van der Waals surface area contributed by atoms with Gasteiger partial charge in [-0.05, 0) is 44.1 Å². The van der Waals surface area contributed by atoms with Crippen molar-refractivity contribution in [3.8, 4) is 0 Å². The topological polar surface area (TPSA) is 29.5 Å². The molecule has 3 heteroatoms. The van der Waals surface area contributed by atoms with Gasteiger partial charge in [-0.25, -0.2) is 0 Å². The molecular formula is C19H27NO2. The van der Waals surface area contributed by atoms with E-state index in [2.05, 4.69) is 6.92 Å². The highest BCUT2D eigenvalue weighted by molar-refractivity contribution is 5.82. The zero-order chi connectivity index (χ0) is 15.4. The van der Waals surface area contributed by atoms with Crippen LogP contribution in [0, 0.1) is 5.92 Å². The maximum absolute atomic E-state index is 13.0. The van der Waals surface area contributed by atoms with Gasteiger partial charge in [-0.15, -0.1) is 0 Å². The van der Waals surface area contributed by atoms with Gasteiger partial charge in [-0.3, -0.25) is 4.79 Å². The van der Waals surface area contributed by atoms with Crippen molar-refractivity contribution in [1.29, 1.82) is 0 Å². The summed E-state index contributed by atoms with van der Waals surface area (Å²) >= 11 is 0. The standard InChI is InChI=1S/C19H27NO2/c1-2-20(14-15-12-13-15)19(21)18(16-8-4-3-5-9-16)22-17-10-6-7-11-17/h3-5,8-9,15,17-18H,2,6-7,10-14H2,1H3/t18-/m0/s1. The van der Waals surface area contributed by atoms with Crippen LogP contribution >= 0.6 is 0 Å². The average molecular weight is 301 g/mol. The average Bonchev–Trinajstić information content (AvgIpc) is 3.23. The van der Waals surface area contributed by atoms with Gasteiger partial charge in [-0.1, -0.05) is 43.2 Å². The van der Waals surface area contributed by atoms with Gasteiger partial charge >= 0.3 is 0 Å². The van der Waals surface area contributed by atoms with Crippen molar-refractivity contribution in [2.45, 2.75) is 57.7 Å². The molecule has 0 unspecified atom stereocenters. The van der Waals surface area contributed by atoms with Crippen molar-refractivity contribution in [2.24, 2.45) is 5.92 Å². The predicted octanol–water partition coefficient (Wildman–Crippen LogP) is 3.95. The van der Waals surface area contributed by atoms with Crippen LogP contribution in [0.15, 0.2) is 30.3 Å². The number of rotatable bonds is 7. The summed E-state index contributed by atoms with van der Waals surface area (Å²) in [4.78, 5) is 15.0. The summed E-state index contributed by atoms with van der Waals surface area (Å²) in [6.45, 7) is 3.73. The molecule has 2 fully saturated rings. The Balaban J connectivity index is 1.74. The van der Waals surface area contributed by atoms with Gasteiger partial charge in [0.2, 0.25) is 0 Å². The van der Waals surface area contributed by atoms with E-state index >= 15 is 0 Å². The van der Waals surface area contributed by atoms with Gasteiger partial charge in [-0.2, -0.15) is 0 Å². The summed E-state index contributed by atoms with van der Waals surface area (Å²) in [6, 6.07) is 10.0. The van der Waals surface area contributed by atoms with Gasteiger partial charge in [0, 0.05) is 13.1 Å². The van der Waals surface area contributed by atoms with Crippen LogP contribution in [0.1, 0.15) is 57.1 Å². The zero-order valence-electron chi connectivity index (χ0n) is 13.5. The molecule has 1 aromatic rings. The van der Waals surface area contributed by atoms with E-state index in [-0.39, 0.29) is 12.0 Å². The Kier molecular flexibility index (Phi) is 5.14. The molecule has 0 radical (unpaired) electrons. The Hall–Kier alpha value is -1.35. The highest BCUT2D eigenvalue weighted by Gasteiger charge is 2.32. The van der Waals surface area contributed by atoms with Crippen molar-refractivity contribution in [2.75, 3.05) is 13.1 Å². The van der Waals surface area contributed by atoms with E-state index in [0.29, 0.717) is 5.92 Å².